The highest BCUT2D eigenvalue weighted by Gasteiger charge is 2.23. The lowest BCUT2D eigenvalue weighted by atomic mass is 10.2. The Morgan fingerprint density at radius 1 is 1.35 bits per heavy atom. The van der Waals surface area contributed by atoms with Gasteiger partial charge in [-0.2, -0.15) is 0 Å². The fourth-order valence-corrected chi connectivity index (χ4v) is 2.13. The fourth-order valence-electron chi connectivity index (χ4n) is 2.13. The van der Waals surface area contributed by atoms with E-state index in [2.05, 4.69) is 15.6 Å². The number of pyridine rings is 1. The first-order valence-corrected chi connectivity index (χ1v) is 7.00. The monoisotopic (exact) mass is 313 g/mol. The number of benzene rings is 1. The van der Waals surface area contributed by atoms with Crippen molar-refractivity contribution in [1.82, 2.24) is 4.98 Å². The molecule has 0 bridgehead atoms. The molecule has 3 rings (SSSR count). The molecule has 0 saturated carbocycles. The van der Waals surface area contributed by atoms with Gasteiger partial charge in [0.2, 0.25) is 5.88 Å². The molecule has 1 aliphatic rings. The van der Waals surface area contributed by atoms with Gasteiger partial charge in [0, 0.05) is 18.0 Å². The van der Waals surface area contributed by atoms with Crippen molar-refractivity contribution in [2.24, 2.45) is 0 Å². The molecular formula is C16H15N3O4. The minimum Gasteiger partial charge on any atom is -0.481 e. The Kier molecular flexibility index (Phi) is 3.84. The molecule has 1 atom stereocenters. The van der Waals surface area contributed by atoms with Gasteiger partial charge in [-0.25, -0.2) is 4.98 Å². The number of amides is 2. The molecule has 118 valence electrons. The molecule has 0 unspecified atom stereocenters. The van der Waals surface area contributed by atoms with E-state index in [0.717, 1.165) is 0 Å². The Labute approximate surface area is 132 Å². The number of nitrogens with one attached hydrogen (secondary N) is 2. The van der Waals surface area contributed by atoms with Crippen molar-refractivity contribution in [3.63, 3.8) is 0 Å². The molecule has 0 radical (unpaired) electrons. The molecule has 0 fully saturated rings. The van der Waals surface area contributed by atoms with Gasteiger partial charge in [0.1, 0.15) is 5.75 Å². The molecule has 7 heteroatoms. The molecule has 2 amide bonds. The highest BCUT2D eigenvalue weighted by Crippen LogP contribution is 2.32. The van der Waals surface area contributed by atoms with Crippen molar-refractivity contribution < 1.29 is 19.1 Å². The molecule has 1 aliphatic heterocycles. The molecule has 1 aromatic carbocycles. The summed E-state index contributed by atoms with van der Waals surface area (Å²) in [6, 6.07) is 8.28. The van der Waals surface area contributed by atoms with E-state index in [4.69, 9.17) is 9.47 Å². The van der Waals surface area contributed by atoms with Crippen molar-refractivity contribution >= 4 is 23.2 Å². The van der Waals surface area contributed by atoms with Crippen molar-refractivity contribution in [3.05, 3.63) is 42.1 Å². The smallest absolute Gasteiger partial charge is 0.265 e. The zero-order valence-corrected chi connectivity index (χ0v) is 12.6. The lowest BCUT2D eigenvalue weighted by molar-refractivity contribution is -0.122. The fraction of sp³-hybridized carbons (Fsp3) is 0.188. The number of carbonyl (C=O) groups excluding carboxylic acids is 2. The normalized spacial score (nSPS) is 15.9. The van der Waals surface area contributed by atoms with Crippen LogP contribution in [-0.2, 0) is 4.79 Å². The number of aromatic nitrogens is 1. The second kappa shape index (κ2) is 5.96. The van der Waals surface area contributed by atoms with Crippen LogP contribution in [0.3, 0.4) is 0 Å². The van der Waals surface area contributed by atoms with Crippen LogP contribution in [0, 0.1) is 0 Å². The average Bonchev–Trinajstić information content (AvgIpc) is 2.56. The predicted molar refractivity (Wildman–Crippen MR) is 83.9 cm³/mol. The molecule has 0 aliphatic carbocycles. The molecule has 1 aromatic heterocycles. The number of ether oxygens (including phenoxy) is 2. The number of hydrogen-bond donors (Lipinski definition) is 2. The largest absolute Gasteiger partial charge is 0.481 e. The Morgan fingerprint density at radius 2 is 2.17 bits per heavy atom. The summed E-state index contributed by atoms with van der Waals surface area (Å²) in [4.78, 5) is 27.8. The van der Waals surface area contributed by atoms with Gasteiger partial charge in [-0.15, -0.1) is 0 Å². The quantitative estimate of drug-likeness (QED) is 0.905. The zero-order chi connectivity index (χ0) is 16.4. The van der Waals surface area contributed by atoms with Crippen molar-refractivity contribution in [3.8, 4) is 11.6 Å². The molecular weight excluding hydrogens is 298 g/mol. The minimum atomic E-state index is -0.534. The predicted octanol–water partition coefficient (Wildman–Crippen LogP) is 2.06. The summed E-state index contributed by atoms with van der Waals surface area (Å²) in [5, 5.41) is 5.48. The van der Waals surface area contributed by atoms with E-state index in [1.807, 2.05) is 0 Å². The van der Waals surface area contributed by atoms with E-state index in [0.29, 0.717) is 28.6 Å². The van der Waals surface area contributed by atoms with Crippen LogP contribution in [0.4, 0.5) is 11.4 Å². The second-order valence-corrected chi connectivity index (χ2v) is 5.00. The topological polar surface area (TPSA) is 89.6 Å². The molecule has 0 spiro atoms. The first-order chi connectivity index (χ1) is 11.1. The molecule has 0 saturated heterocycles. The van der Waals surface area contributed by atoms with Crippen LogP contribution in [0.15, 0.2) is 36.5 Å². The third-order valence-electron chi connectivity index (χ3n) is 3.38. The van der Waals surface area contributed by atoms with E-state index in [1.165, 1.54) is 13.3 Å². The highest BCUT2D eigenvalue weighted by atomic mass is 16.5. The summed E-state index contributed by atoms with van der Waals surface area (Å²) in [6.45, 7) is 1.67. The third kappa shape index (κ3) is 3.08. The summed E-state index contributed by atoms with van der Waals surface area (Å²) in [6.07, 6.45) is 0.896. The second-order valence-electron chi connectivity index (χ2n) is 5.00. The van der Waals surface area contributed by atoms with Crippen LogP contribution < -0.4 is 20.1 Å². The molecule has 2 N–H and O–H groups in total. The molecule has 7 nitrogen and oxygen atoms in total. The molecule has 2 aromatic rings. The Hall–Kier alpha value is -3.09. The maximum atomic E-state index is 12.2. The Bertz CT molecular complexity index is 758. The number of rotatable bonds is 3. The summed E-state index contributed by atoms with van der Waals surface area (Å²) in [5.74, 6) is 0.474. The zero-order valence-electron chi connectivity index (χ0n) is 12.6. The van der Waals surface area contributed by atoms with Crippen molar-refractivity contribution in [2.45, 2.75) is 13.0 Å². The van der Waals surface area contributed by atoms with Gasteiger partial charge in [0.05, 0.1) is 18.4 Å². The van der Waals surface area contributed by atoms with Crippen LogP contribution in [0.2, 0.25) is 0 Å². The number of methoxy groups -OCH3 is 1. The van der Waals surface area contributed by atoms with E-state index in [1.54, 1.807) is 37.3 Å². The highest BCUT2D eigenvalue weighted by molar-refractivity contribution is 6.05. The maximum Gasteiger partial charge on any atom is 0.265 e. The van der Waals surface area contributed by atoms with E-state index < -0.39 is 6.10 Å². The summed E-state index contributed by atoms with van der Waals surface area (Å²) in [5.41, 5.74) is 1.47. The molecule has 23 heavy (non-hydrogen) atoms. The Morgan fingerprint density at radius 3 is 2.87 bits per heavy atom. The Balaban J connectivity index is 1.76. The first-order valence-electron chi connectivity index (χ1n) is 7.00. The van der Waals surface area contributed by atoms with Crippen molar-refractivity contribution in [1.29, 1.82) is 0 Å². The lowest BCUT2D eigenvalue weighted by Gasteiger charge is -2.23. The van der Waals surface area contributed by atoms with Crippen LogP contribution >= 0.6 is 0 Å². The van der Waals surface area contributed by atoms with Crippen molar-refractivity contribution in [2.75, 3.05) is 17.7 Å². The summed E-state index contributed by atoms with van der Waals surface area (Å²) in [7, 11) is 1.51. The van der Waals surface area contributed by atoms with Gasteiger partial charge in [0.25, 0.3) is 11.8 Å². The first kappa shape index (κ1) is 14.8. The third-order valence-corrected chi connectivity index (χ3v) is 3.38. The number of nitrogens with zero attached hydrogens (tertiary/aromatic N) is 1. The number of anilines is 2. The van der Waals surface area contributed by atoms with E-state index in [9.17, 15) is 9.59 Å². The molecule has 2 heterocycles. The lowest BCUT2D eigenvalue weighted by Crippen LogP contribution is -2.34. The van der Waals surface area contributed by atoms with Crippen LogP contribution in [-0.4, -0.2) is 30.0 Å². The van der Waals surface area contributed by atoms with Gasteiger partial charge in [-0.3, -0.25) is 9.59 Å². The SMILES string of the molecule is COc1ccc(C(=O)Nc2ccc3c(c2)NC(=O)[C@@H](C)O3)cn1. The van der Waals surface area contributed by atoms with Crippen LogP contribution in [0.25, 0.3) is 0 Å². The number of fused-ring (bicyclic) bond motifs is 1. The van der Waals surface area contributed by atoms with Gasteiger partial charge in [-0.1, -0.05) is 0 Å². The van der Waals surface area contributed by atoms with Crippen LogP contribution in [0.5, 0.6) is 11.6 Å². The number of hydrogen-bond acceptors (Lipinski definition) is 5. The number of carbonyl (C=O) groups is 2. The van der Waals surface area contributed by atoms with Gasteiger partial charge < -0.3 is 20.1 Å². The standard InChI is InChI=1S/C16H15N3O4/c1-9-15(20)19-12-7-11(4-5-13(12)23-9)18-16(21)10-3-6-14(22-2)17-8-10/h3-9H,1-2H3,(H,18,21)(H,19,20)/t9-/m1/s1. The average molecular weight is 313 g/mol. The van der Waals surface area contributed by atoms with E-state index in [-0.39, 0.29) is 11.8 Å². The van der Waals surface area contributed by atoms with Gasteiger partial charge >= 0.3 is 0 Å². The van der Waals surface area contributed by atoms with Gasteiger partial charge in [0.15, 0.2) is 6.10 Å². The maximum absolute atomic E-state index is 12.2. The van der Waals surface area contributed by atoms with E-state index >= 15 is 0 Å². The van der Waals surface area contributed by atoms with Crippen LogP contribution in [0.1, 0.15) is 17.3 Å². The van der Waals surface area contributed by atoms with Gasteiger partial charge in [-0.05, 0) is 31.2 Å². The summed E-state index contributed by atoms with van der Waals surface area (Å²) >= 11 is 0. The minimum absolute atomic E-state index is 0.222. The summed E-state index contributed by atoms with van der Waals surface area (Å²) < 4.78 is 10.4.